The lowest BCUT2D eigenvalue weighted by molar-refractivity contribution is -0.385. The Kier molecular flexibility index (Phi) is 2.04. The van der Waals surface area contributed by atoms with Crippen molar-refractivity contribution in [2.75, 3.05) is 0 Å². The van der Waals surface area contributed by atoms with Crippen molar-refractivity contribution in [2.24, 2.45) is 5.92 Å². The average Bonchev–Trinajstić information content (AvgIpc) is 2.59. The van der Waals surface area contributed by atoms with Crippen molar-refractivity contribution < 1.29 is 9.72 Å². The Labute approximate surface area is 80.7 Å². The molecule has 0 saturated heterocycles. The molecular formula is C10H9NO3. The first-order chi connectivity index (χ1) is 6.72. The topological polar surface area (TPSA) is 60.2 Å². The number of fused-ring (bicyclic) bond motifs is 1. The third-order valence-corrected chi connectivity index (χ3v) is 2.59. The molecule has 0 heterocycles. The number of rotatable bonds is 2. The Morgan fingerprint density at radius 1 is 1.43 bits per heavy atom. The highest BCUT2D eigenvalue weighted by Crippen LogP contribution is 2.32. The Morgan fingerprint density at radius 2 is 2.21 bits per heavy atom. The van der Waals surface area contributed by atoms with Gasteiger partial charge in [-0.1, -0.05) is 12.1 Å². The van der Waals surface area contributed by atoms with Gasteiger partial charge in [0.05, 0.1) is 4.92 Å². The van der Waals surface area contributed by atoms with Crippen LogP contribution in [-0.4, -0.2) is 11.2 Å². The number of hydrogen-bond acceptors (Lipinski definition) is 3. The predicted molar refractivity (Wildman–Crippen MR) is 50.1 cm³/mol. The van der Waals surface area contributed by atoms with E-state index in [-0.39, 0.29) is 16.5 Å². The highest BCUT2D eigenvalue weighted by molar-refractivity contribution is 5.61. The maximum Gasteiger partial charge on any atom is 0.272 e. The lowest BCUT2D eigenvalue weighted by Crippen LogP contribution is -2.00. The molecule has 1 unspecified atom stereocenters. The van der Waals surface area contributed by atoms with Crippen LogP contribution in [0.1, 0.15) is 11.1 Å². The molecular weight excluding hydrogens is 182 g/mol. The largest absolute Gasteiger partial charge is 0.303 e. The summed E-state index contributed by atoms with van der Waals surface area (Å²) in [5, 5.41) is 10.7. The second-order valence-electron chi connectivity index (χ2n) is 3.48. The van der Waals surface area contributed by atoms with Gasteiger partial charge in [-0.3, -0.25) is 10.1 Å². The van der Waals surface area contributed by atoms with Gasteiger partial charge < -0.3 is 4.79 Å². The summed E-state index contributed by atoms with van der Waals surface area (Å²) in [6, 6.07) is 5.02. The number of aldehydes is 1. The highest BCUT2D eigenvalue weighted by atomic mass is 16.6. The van der Waals surface area contributed by atoms with Crippen LogP contribution in [0.2, 0.25) is 0 Å². The minimum absolute atomic E-state index is 0.0777. The van der Waals surface area contributed by atoms with Crippen LogP contribution >= 0.6 is 0 Å². The summed E-state index contributed by atoms with van der Waals surface area (Å²) in [7, 11) is 0. The molecule has 2 rings (SSSR count). The zero-order chi connectivity index (χ0) is 10.1. The standard InChI is InChI=1S/C10H9NO3/c12-6-7-4-8-2-1-3-10(11(13)14)9(8)5-7/h1-3,6-7H,4-5H2. The smallest absolute Gasteiger partial charge is 0.272 e. The number of carbonyl (C=O) groups excluding carboxylic acids is 1. The van der Waals surface area contributed by atoms with Crippen molar-refractivity contribution >= 4 is 12.0 Å². The molecule has 0 saturated carbocycles. The first kappa shape index (κ1) is 8.87. The molecule has 0 fully saturated rings. The second-order valence-corrected chi connectivity index (χ2v) is 3.48. The highest BCUT2D eigenvalue weighted by Gasteiger charge is 2.27. The maximum absolute atomic E-state index is 10.7. The molecule has 4 nitrogen and oxygen atoms in total. The molecule has 0 amide bonds. The van der Waals surface area contributed by atoms with Gasteiger partial charge in [0.2, 0.25) is 0 Å². The van der Waals surface area contributed by atoms with Crippen molar-refractivity contribution in [1.29, 1.82) is 0 Å². The summed E-state index contributed by atoms with van der Waals surface area (Å²) >= 11 is 0. The van der Waals surface area contributed by atoms with Gasteiger partial charge in [-0.05, 0) is 18.4 Å². The van der Waals surface area contributed by atoms with Gasteiger partial charge in [-0.25, -0.2) is 0 Å². The summed E-state index contributed by atoms with van der Waals surface area (Å²) in [6.45, 7) is 0. The van der Waals surface area contributed by atoms with Crippen LogP contribution in [-0.2, 0) is 17.6 Å². The van der Waals surface area contributed by atoms with E-state index in [4.69, 9.17) is 0 Å². The second kappa shape index (κ2) is 3.21. The minimum atomic E-state index is -0.383. The Hall–Kier alpha value is -1.71. The van der Waals surface area contributed by atoms with Crippen molar-refractivity contribution in [3.8, 4) is 0 Å². The fourth-order valence-electron chi connectivity index (χ4n) is 1.93. The summed E-state index contributed by atoms with van der Waals surface area (Å²) in [4.78, 5) is 20.9. The van der Waals surface area contributed by atoms with Gasteiger partial charge in [-0.2, -0.15) is 0 Å². The van der Waals surface area contributed by atoms with E-state index in [9.17, 15) is 14.9 Å². The van der Waals surface area contributed by atoms with Crippen molar-refractivity contribution in [1.82, 2.24) is 0 Å². The molecule has 0 aromatic heterocycles. The first-order valence-corrected chi connectivity index (χ1v) is 4.43. The number of hydrogen-bond donors (Lipinski definition) is 0. The molecule has 1 aliphatic carbocycles. The van der Waals surface area contributed by atoms with Crippen LogP contribution in [0.3, 0.4) is 0 Å². The molecule has 14 heavy (non-hydrogen) atoms. The van der Waals surface area contributed by atoms with E-state index in [2.05, 4.69) is 0 Å². The van der Waals surface area contributed by atoms with E-state index in [1.165, 1.54) is 6.07 Å². The molecule has 0 spiro atoms. The van der Waals surface area contributed by atoms with Crippen molar-refractivity contribution in [2.45, 2.75) is 12.8 Å². The van der Waals surface area contributed by atoms with E-state index in [0.29, 0.717) is 12.8 Å². The Balaban J connectivity index is 2.46. The Bertz CT molecular complexity index is 400. The molecule has 1 aliphatic rings. The average molecular weight is 191 g/mol. The molecule has 0 bridgehead atoms. The third-order valence-electron chi connectivity index (χ3n) is 2.59. The molecule has 1 atom stereocenters. The summed E-state index contributed by atoms with van der Waals surface area (Å²) in [5.74, 6) is -0.0777. The fraction of sp³-hybridized carbons (Fsp3) is 0.300. The summed E-state index contributed by atoms with van der Waals surface area (Å²) < 4.78 is 0. The number of nitro benzene ring substituents is 1. The van der Waals surface area contributed by atoms with Crippen LogP contribution in [0.5, 0.6) is 0 Å². The molecule has 0 radical (unpaired) electrons. The summed E-state index contributed by atoms with van der Waals surface area (Å²) in [5.41, 5.74) is 1.82. The SMILES string of the molecule is O=CC1Cc2cccc([N+](=O)[O-])c2C1. The lowest BCUT2D eigenvalue weighted by atomic mass is 10.1. The van der Waals surface area contributed by atoms with Gasteiger partial charge in [0.1, 0.15) is 6.29 Å². The Morgan fingerprint density at radius 3 is 2.86 bits per heavy atom. The van der Waals surface area contributed by atoms with Crippen LogP contribution in [0.4, 0.5) is 5.69 Å². The first-order valence-electron chi connectivity index (χ1n) is 4.43. The number of carbonyl (C=O) groups is 1. The van der Waals surface area contributed by atoms with E-state index < -0.39 is 0 Å². The quantitative estimate of drug-likeness (QED) is 0.404. The van der Waals surface area contributed by atoms with Gasteiger partial charge >= 0.3 is 0 Å². The van der Waals surface area contributed by atoms with Crippen LogP contribution in [0.15, 0.2) is 18.2 Å². The van der Waals surface area contributed by atoms with Gasteiger partial charge in [0, 0.05) is 17.5 Å². The fourth-order valence-corrected chi connectivity index (χ4v) is 1.93. The van der Waals surface area contributed by atoms with E-state index in [1.807, 2.05) is 6.07 Å². The van der Waals surface area contributed by atoms with Crippen LogP contribution < -0.4 is 0 Å². The van der Waals surface area contributed by atoms with E-state index >= 15 is 0 Å². The zero-order valence-corrected chi connectivity index (χ0v) is 7.47. The van der Waals surface area contributed by atoms with Gasteiger partial charge in [-0.15, -0.1) is 0 Å². The van der Waals surface area contributed by atoms with E-state index in [0.717, 1.165) is 17.4 Å². The number of nitro groups is 1. The van der Waals surface area contributed by atoms with Crippen LogP contribution in [0.25, 0.3) is 0 Å². The molecule has 1 aromatic rings. The van der Waals surface area contributed by atoms with E-state index in [1.54, 1.807) is 6.07 Å². The molecule has 0 N–H and O–H groups in total. The van der Waals surface area contributed by atoms with Crippen molar-refractivity contribution in [3.05, 3.63) is 39.4 Å². The zero-order valence-electron chi connectivity index (χ0n) is 7.47. The molecule has 0 aliphatic heterocycles. The third kappa shape index (κ3) is 1.28. The number of benzene rings is 1. The molecule has 1 aromatic carbocycles. The lowest BCUT2D eigenvalue weighted by Gasteiger charge is -1.98. The predicted octanol–water partition coefficient (Wildman–Crippen LogP) is 1.51. The normalized spacial score (nSPS) is 19.0. The minimum Gasteiger partial charge on any atom is -0.303 e. The monoisotopic (exact) mass is 191 g/mol. The van der Waals surface area contributed by atoms with Crippen LogP contribution in [0, 0.1) is 16.0 Å². The van der Waals surface area contributed by atoms with Gasteiger partial charge in [0.25, 0.3) is 5.69 Å². The molecule has 4 heteroatoms. The molecule has 72 valence electrons. The van der Waals surface area contributed by atoms with Gasteiger partial charge in [0.15, 0.2) is 0 Å². The maximum atomic E-state index is 10.7. The number of nitrogens with zero attached hydrogens (tertiary/aromatic N) is 1. The summed E-state index contributed by atoms with van der Waals surface area (Å²) in [6.07, 6.45) is 2.03. The van der Waals surface area contributed by atoms with Crippen molar-refractivity contribution in [3.63, 3.8) is 0 Å².